The van der Waals surface area contributed by atoms with E-state index in [9.17, 15) is 0 Å². The maximum absolute atomic E-state index is 6.30. The Morgan fingerprint density at radius 2 is 1.75 bits per heavy atom. The van der Waals surface area contributed by atoms with Crippen LogP contribution in [0.1, 0.15) is 11.4 Å². The predicted molar refractivity (Wildman–Crippen MR) is 92.8 cm³/mol. The van der Waals surface area contributed by atoms with E-state index in [0.717, 1.165) is 11.4 Å². The van der Waals surface area contributed by atoms with Crippen LogP contribution in [0.3, 0.4) is 0 Å². The largest absolute Gasteiger partial charge is 0.218 e. The first-order chi connectivity index (χ1) is 11.5. The van der Waals surface area contributed by atoms with Gasteiger partial charge in [0.05, 0.1) is 10.7 Å². The molecule has 0 unspecified atom stereocenters. The molecule has 0 saturated heterocycles. The summed E-state index contributed by atoms with van der Waals surface area (Å²) in [4.78, 5) is 0. The van der Waals surface area contributed by atoms with E-state index in [1.807, 2.05) is 32.0 Å². The minimum Gasteiger partial charge on any atom is -0.218 e. The van der Waals surface area contributed by atoms with Crippen molar-refractivity contribution in [3.05, 3.63) is 57.8 Å². The number of nitrogens with zero attached hydrogens (tertiary/aromatic N) is 6. The summed E-state index contributed by atoms with van der Waals surface area (Å²) in [5.74, 6) is 1.23. The van der Waals surface area contributed by atoms with Crippen LogP contribution in [0.25, 0.3) is 22.9 Å². The third-order valence-corrected chi connectivity index (χ3v) is 4.20. The Kier molecular flexibility index (Phi) is 3.51. The number of hydrogen-bond acceptors (Lipinski definition) is 4. The molecule has 0 spiro atoms. The van der Waals surface area contributed by atoms with Crippen molar-refractivity contribution in [2.75, 3.05) is 0 Å². The van der Waals surface area contributed by atoms with Crippen molar-refractivity contribution in [3.8, 4) is 17.2 Å². The molecule has 0 aliphatic rings. The van der Waals surface area contributed by atoms with Crippen LogP contribution in [-0.2, 0) is 0 Å². The molecule has 4 rings (SSSR count). The SMILES string of the molecule is Cc1cc(C)n(-c2ccc3nnc(-c4ccc(Cl)cc4Cl)n3n2)n1. The number of aromatic nitrogens is 6. The van der Waals surface area contributed by atoms with E-state index in [4.69, 9.17) is 23.2 Å². The van der Waals surface area contributed by atoms with Crippen molar-refractivity contribution in [3.63, 3.8) is 0 Å². The predicted octanol–water partition coefficient (Wildman–Crippen LogP) is 3.90. The van der Waals surface area contributed by atoms with Crippen LogP contribution in [-0.4, -0.2) is 29.6 Å². The summed E-state index contributed by atoms with van der Waals surface area (Å²) in [7, 11) is 0. The highest BCUT2D eigenvalue weighted by atomic mass is 35.5. The highest BCUT2D eigenvalue weighted by Gasteiger charge is 2.14. The van der Waals surface area contributed by atoms with Gasteiger partial charge in [0, 0.05) is 16.3 Å². The van der Waals surface area contributed by atoms with Crippen LogP contribution >= 0.6 is 23.2 Å². The summed E-state index contributed by atoms with van der Waals surface area (Å²) in [6.07, 6.45) is 0. The average Bonchev–Trinajstić information content (AvgIpc) is 3.10. The molecule has 0 fully saturated rings. The molecular weight excluding hydrogens is 347 g/mol. The number of benzene rings is 1. The van der Waals surface area contributed by atoms with Gasteiger partial charge in [-0.25, -0.2) is 4.68 Å². The molecule has 6 nitrogen and oxygen atoms in total. The van der Waals surface area contributed by atoms with Crippen LogP contribution in [0.15, 0.2) is 36.4 Å². The van der Waals surface area contributed by atoms with Crippen LogP contribution in [0, 0.1) is 13.8 Å². The summed E-state index contributed by atoms with van der Waals surface area (Å²) in [5.41, 5.74) is 3.27. The van der Waals surface area contributed by atoms with Crippen molar-refractivity contribution in [1.29, 1.82) is 0 Å². The number of hydrogen-bond donors (Lipinski definition) is 0. The first kappa shape index (κ1) is 15.1. The lowest BCUT2D eigenvalue weighted by Gasteiger charge is -2.06. The van der Waals surface area contributed by atoms with Gasteiger partial charge in [0.1, 0.15) is 0 Å². The molecule has 0 aliphatic carbocycles. The number of fused-ring (bicyclic) bond motifs is 1. The highest BCUT2D eigenvalue weighted by molar-refractivity contribution is 6.36. The Hall–Kier alpha value is -2.44. The maximum atomic E-state index is 6.30. The molecule has 8 heteroatoms. The Morgan fingerprint density at radius 1 is 0.917 bits per heavy atom. The monoisotopic (exact) mass is 358 g/mol. The summed E-state index contributed by atoms with van der Waals surface area (Å²) >= 11 is 12.3. The van der Waals surface area contributed by atoms with E-state index in [2.05, 4.69) is 20.4 Å². The van der Waals surface area contributed by atoms with Gasteiger partial charge in [-0.1, -0.05) is 23.2 Å². The van der Waals surface area contributed by atoms with Gasteiger partial charge in [-0.2, -0.15) is 9.61 Å². The molecule has 4 aromatic rings. The van der Waals surface area contributed by atoms with Crippen LogP contribution < -0.4 is 0 Å². The smallest absolute Gasteiger partial charge is 0.186 e. The standard InChI is InChI=1S/C16H12Cl2N6/c1-9-7-10(2)23(21-9)15-6-5-14-19-20-16(24(14)22-15)12-4-3-11(17)8-13(12)18/h3-8H,1-2H3. The van der Waals surface area contributed by atoms with Gasteiger partial charge in [0.2, 0.25) is 0 Å². The van der Waals surface area contributed by atoms with Gasteiger partial charge in [0.25, 0.3) is 0 Å². The van der Waals surface area contributed by atoms with Gasteiger partial charge < -0.3 is 0 Å². The van der Waals surface area contributed by atoms with Gasteiger partial charge in [0.15, 0.2) is 17.3 Å². The van der Waals surface area contributed by atoms with Crippen molar-refractivity contribution in [1.82, 2.24) is 29.6 Å². The molecule has 0 saturated carbocycles. The molecule has 0 atom stereocenters. The molecule has 24 heavy (non-hydrogen) atoms. The minimum atomic E-state index is 0.495. The van der Waals surface area contributed by atoms with Gasteiger partial charge in [-0.15, -0.1) is 15.3 Å². The normalized spacial score (nSPS) is 11.3. The van der Waals surface area contributed by atoms with E-state index in [1.54, 1.807) is 27.4 Å². The molecule has 0 N–H and O–H groups in total. The quantitative estimate of drug-likeness (QED) is 0.545. The molecule has 3 heterocycles. The zero-order valence-electron chi connectivity index (χ0n) is 12.9. The lowest BCUT2D eigenvalue weighted by molar-refractivity contribution is 0.767. The van der Waals surface area contributed by atoms with Crippen LogP contribution in [0.5, 0.6) is 0 Å². The molecule has 1 aromatic carbocycles. The summed E-state index contributed by atoms with van der Waals surface area (Å²) < 4.78 is 3.43. The molecule has 0 aliphatic heterocycles. The van der Waals surface area contributed by atoms with Crippen molar-refractivity contribution in [2.24, 2.45) is 0 Å². The topological polar surface area (TPSA) is 60.9 Å². The molecule has 0 bridgehead atoms. The van der Waals surface area contributed by atoms with Crippen LogP contribution in [0.2, 0.25) is 10.0 Å². The van der Waals surface area contributed by atoms with Crippen molar-refractivity contribution >= 4 is 28.8 Å². The third-order valence-electron chi connectivity index (χ3n) is 3.65. The first-order valence-electron chi connectivity index (χ1n) is 7.24. The van der Waals surface area contributed by atoms with Crippen molar-refractivity contribution in [2.45, 2.75) is 13.8 Å². The Morgan fingerprint density at radius 3 is 2.46 bits per heavy atom. The number of halogens is 2. The van der Waals surface area contributed by atoms with E-state index in [1.165, 1.54) is 0 Å². The zero-order chi connectivity index (χ0) is 16.8. The van der Waals surface area contributed by atoms with E-state index in [-0.39, 0.29) is 0 Å². The lowest BCUT2D eigenvalue weighted by Crippen LogP contribution is -2.06. The number of aryl methyl sites for hydroxylation is 2. The Bertz CT molecular complexity index is 1070. The van der Waals surface area contributed by atoms with Crippen molar-refractivity contribution < 1.29 is 0 Å². The fourth-order valence-corrected chi connectivity index (χ4v) is 3.08. The Balaban J connectivity index is 1.92. The molecule has 3 aromatic heterocycles. The molecule has 0 amide bonds. The van der Waals surface area contributed by atoms with Crippen LogP contribution in [0.4, 0.5) is 0 Å². The number of rotatable bonds is 2. The van der Waals surface area contributed by atoms with Gasteiger partial charge in [-0.3, -0.25) is 0 Å². The van der Waals surface area contributed by atoms with Gasteiger partial charge >= 0.3 is 0 Å². The minimum absolute atomic E-state index is 0.495. The van der Waals surface area contributed by atoms with Gasteiger partial charge in [-0.05, 0) is 50.2 Å². The second-order valence-electron chi connectivity index (χ2n) is 5.45. The first-order valence-corrected chi connectivity index (χ1v) is 8.00. The summed E-state index contributed by atoms with van der Waals surface area (Å²) in [5, 5.41) is 18.5. The molecule has 0 radical (unpaired) electrons. The summed E-state index contributed by atoms with van der Waals surface area (Å²) in [6.45, 7) is 3.93. The third kappa shape index (κ3) is 2.44. The second kappa shape index (κ2) is 5.58. The zero-order valence-corrected chi connectivity index (χ0v) is 14.4. The van der Waals surface area contributed by atoms with E-state index < -0.39 is 0 Å². The molecular formula is C16H12Cl2N6. The summed E-state index contributed by atoms with van der Waals surface area (Å²) in [6, 6.07) is 10.9. The van der Waals surface area contributed by atoms with E-state index in [0.29, 0.717) is 32.9 Å². The average molecular weight is 359 g/mol. The Labute approximate surface area is 147 Å². The lowest BCUT2D eigenvalue weighted by atomic mass is 10.2. The fraction of sp³-hybridized carbons (Fsp3) is 0.125. The van der Waals surface area contributed by atoms with E-state index >= 15 is 0 Å². The maximum Gasteiger partial charge on any atom is 0.186 e. The fourth-order valence-electron chi connectivity index (χ4n) is 2.59. The molecule has 120 valence electrons. The highest BCUT2D eigenvalue weighted by Crippen LogP contribution is 2.29. The second-order valence-corrected chi connectivity index (χ2v) is 6.29.